The molecule has 1 heterocycles. The number of benzene rings is 1. The van der Waals surface area contributed by atoms with E-state index >= 15 is 0 Å². The van der Waals surface area contributed by atoms with E-state index in [0.717, 1.165) is 17.0 Å². The van der Waals surface area contributed by atoms with Crippen LogP contribution in [0.1, 0.15) is 27.0 Å². The Labute approximate surface area is 115 Å². The molecule has 2 aromatic rings. The second kappa shape index (κ2) is 6.03. The quantitative estimate of drug-likeness (QED) is 0.770. The third-order valence-electron chi connectivity index (χ3n) is 2.47. The van der Waals surface area contributed by atoms with Gasteiger partial charge in [-0.05, 0) is 48.4 Å². The maximum Gasteiger partial charge on any atom is 0.262 e. The predicted molar refractivity (Wildman–Crippen MR) is 74.9 cm³/mol. The Morgan fingerprint density at radius 1 is 1.22 bits per heavy atom. The summed E-state index contributed by atoms with van der Waals surface area (Å²) < 4.78 is 5.39. The van der Waals surface area contributed by atoms with E-state index in [4.69, 9.17) is 16.3 Å². The van der Waals surface area contributed by atoms with Gasteiger partial charge in [0.15, 0.2) is 0 Å². The second-order valence-corrected chi connectivity index (χ2v) is 5.31. The molecule has 1 aromatic carbocycles. The second-order valence-electron chi connectivity index (χ2n) is 3.79. The molecule has 0 fully saturated rings. The molecule has 0 aliphatic rings. The van der Waals surface area contributed by atoms with Crippen LogP contribution in [-0.4, -0.2) is 11.8 Å². The fourth-order valence-electron chi connectivity index (χ4n) is 1.65. The molecule has 18 heavy (non-hydrogen) atoms. The van der Waals surface area contributed by atoms with E-state index in [-0.39, 0.29) is 0 Å². The molecule has 0 amide bonds. The van der Waals surface area contributed by atoms with Crippen LogP contribution in [0.2, 0.25) is 0 Å². The van der Waals surface area contributed by atoms with Gasteiger partial charge in [0, 0.05) is 11.3 Å². The molecule has 0 spiro atoms. The Bertz CT molecular complexity index is 531. The molecule has 0 aliphatic carbocycles. The van der Waals surface area contributed by atoms with Gasteiger partial charge in [-0.25, -0.2) is 0 Å². The molecule has 0 saturated carbocycles. The third kappa shape index (κ3) is 3.34. The van der Waals surface area contributed by atoms with Crippen molar-refractivity contribution in [3.8, 4) is 5.75 Å². The highest BCUT2D eigenvalue weighted by molar-refractivity contribution is 7.15. The Morgan fingerprint density at radius 2 is 1.94 bits per heavy atom. The van der Waals surface area contributed by atoms with Crippen molar-refractivity contribution in [1.82, 2.24) is 0 Å². The standard InChI is InChI=1S/C14H13ClO2S/c1-2-17-11-5-3-10(4-6-11)9-12-7-8-13(18-12)14(15)16/h3-8H,2,9H2,1H3. The fraction of sp³-hybridized carbons (Fsp3) is 0.214. The maximum absolute atomic E-state index is 11.0. The van der Waals surface area contributed by atoms with Gasteiger partial charge >= 0.3 is 0 Å². The average Bonchev–Trinajstić information content (AvgIpc) is 2.81. The monoisotopic (exact) mass is 280 g/mol. The number of halogens is 1. The number of thiophene rings is 1. The van der Waals surface area contributed by atoms with Crippen LogP contribution in [-0.2, 0) is 6.42 Å². The van der Waals surface area contributed by atoms with Crippen molar-refractivity contribution in [2.45, 2.75) is 13.3 Å². The molecule has 94 valence electrons. The lowest BCUT2D eigenvalue weighted by Gasteiger charge is -2.04. The minimum atomic E-state index is -0.391. The highest BCUT2D eigenvalue weighted by Gasteiger charge is 2.06. The molecule has 0 radical (unpaired) electrons. The van der Waals surface area contributed by atoms with Crippen LogP contribution < -0.4 is 4.74 Å². The molecule has 0 aliphatic heterocycles. The zero-order chi connectivity index (χ0) is 13.0. The van der Waals surface area contributed by atoms with Crippen molar-refractivity contribution >= 4 is 28.2 Å². The Morgan fingerprint density at radius 3 is 2.50 bits per heavy atom. The van der Waals surface area contributed by atoms with E-state index in [9.17, 15) is 4.79 Å². The van der Waals surface area contributed by atoms with Crippen molar-refractivity contribution in [3.05, 3.63) is 51.7 Å². The molecule has 2 nitrogen and oxygen atoms in total. The van der Waals surface area contributed by atoms with Crippen LogP contribution in [0.4, 0.5) is 0 Å². The number of hydrogen-bond acceptors (Lipinski definition) is 3. The maximum atomic E-state index is 11.0. The Kier molecular flexibility index (Phi) is 4.39. The first kappa shape index (κ1) is 13.1. The summed E-state index contributed by atoms with van der Waals surface area (Å²) in [5, 5.41) is -0.391. The van der Waals surface area contributed by atoms with Crippen LogP contribution in [0.3, 0.4) is 0 Å². The van der Waals surface area contributed by atoms with Gasteiger partial charge in [0.05, 0.1) is 11.5 Å². The van der Waals surface area contributed by atoms with Crippen LogP contribution >= 0.6 is 22.9 Å². The van der Waals surface area contributed by atoms with E-state index in [1.54, 1.807) is 6.07 Å². The van der Waals surface area contributed by atoms with Crippen molar-refractivity contribution in [1.29, 1.82) is 0 Å². The van der Waals surface area contributed by atoms with E-state index in [1.807, 2.05) is 37.3 Å². The number of hydrogen-bond donors (Lipinski definition) is 0. The van der Waals surface area contributed by atoms with Gasteiger partial charge in [0.25, 0.3) is 5.24 Å². The number of carbonyl (C=O) groups excluding carboxylic acids is 1. The summed E-state index contributed by atoms with van der Waals surface area (Å²) in [7, 11) is 0. The molecule has 1 aromatic heterocycles. The molecule has 0 N–H and O–H groups in total. The summed E-state index contributed by atoms with van der Waals surface area (Å²) in [6.07, 6.45) is 0.807. The fourth-order valence-corrected chi connectivity index (χ4v) is 2.70. The Balaban J connectivity index is 2.06. The molecular weight excluding hydrogens is 268 g/mol. The number of rotatable bonds is 5. The van der Waals surface area contributed by atoms with Gasteiger partial charge in [-0.2, -0.15) is 0 Å². The highest BCUT2D eigenvalue weighted by atomic mass is 35.5. The van der Waals surface area contributed by atoms with Gasteiger partial charge < -0.3 is 4.74 Å². The third-order valence-corrected chi connectivity index (χ3v) is 3.87. The molecule has 0 atom stereocenters. The van der Waals surface area contributed by atoms with Gasteiger partial charge in [-0.3, -0.25) is 4.79 Å². The van der Waals surface area contributed by atoms with Crippen LogP contribution in [0.15, 0.2) is 36.4 Å². The highest BCUT2D eigenvalue weighted by Crippen LogP contribution is 2.22. The minimum Gasteiger partial charge on any atom is -0.494 e. The Hall–Kier alpha value is -1.32. The van der Waals surface area contributed by atoms with E-state index < -0.39 is 5.24 Å². The van der Waals surface area contributed by atoms with Crippen LogP contribution in [0, 0.1) is 0 Å². The molecule has 0 unspecified atom stereocenters. The molecule has 2 rings (SSSR count). The number of ether oxygens (including phenoxy) is 1. The summed E-state index contributed by atoms with van der Waals surface area (Å²) >= 11 is 6.87. The lowest BCUT2D eigenvalue weighted by atomic mass is 10.1. The normalized spacial score (nSPS) is 10.3. The van der Waals surface area contributed by atoms with Crippen molar-refractivity contribution in [2.24, 2.45) is 0 Å². The summed E-state index contributed by atoms with van der Waals surface area (Å²) in [6.45, 7) is 2.63. The van der Waals surface area contributed by atoms with E-state index in [1.165, 1.54) is 16.9 Å². The first-order chi connectivity index (χ1) is 8.69. The molecular formula is C14H13ClO2S. The largest absolute Gasteiger partial charge is 0.494 e. The molecule has 4 heteroatoms. The first-order valence-corrected chi connectivity index (χ1v) is 6.88. The summed E-state index contributed by atoms with van der Waals surface area (Å²) in [5.74, 6) is 0.879. The SMILES string of the molecule is CCOc1ccc(Cc2ccc(C(=O)Cl)s2)cc1. The number of carbonyl (C=O) groups is 1. The topological polar surface area (TPSA) is 26.3 Å². The summed E-state index contributed by atoms with van der Waals surface area (Å²) in [5.41, 5.74) is 1.19. The van der Waals surface area contributed by atoms with Crippen molar-refractivity contribution < 1.29 is 9.53 Å². The summed E-state index contributed by atoms with van der Waals surface area (Å²) in [6, 6.07) is 11.7. The van der Waals surface area contributed by atoms with Gasteiger partial charge in [-0.15, -0.1) is 11.3 Å². The van der Waals surface area contributed by atoms with Gasteiger partial charge in [0.1, 0.15) is 5.75 Å². The zero-order valence-corrected chi connectivity index (χ0v) is 11.6. The summed E-state index contributed by atoms with van der Waals surface area (Å²) in [4.78, 5) is 12.7. The van der Waals surface area contributed by atoms with Crippen LogP contribution in [0.25, 0.3) is 0 Å². The van der Waals surface area contributed by atoms with Crippen molar-refractivity contribution in [3.63, 3.8) is 0 Å². The molecule has 0 saturated heterocycles. The van der Waals surface area contributed by atoms with Gasteiger partial charge in [0.2, 0.25) is 0 Å². The lowest BCUT2D eigenvalue weighted by Crippen LogP contribution is -1.91. The predicted octanol–water partition coefficient (Wildman–Crippen LogP) is 4.12. The van der Waals surface area contributed by atoms with E-state index in [2.05, 4.69) is 0 Å². The van der Waals surface area contributed by atoms with Crippen molar-refractivity contribution in [2.75, 3.05) is 6.61 Å². The minimum absolute atomic E-state index is 0.391. The van der Waals surface area contributed by atoms with Gasteiger partial charge in [-0.1, -0.05) is 12.1 Å². The van der Waals surface area contributed by atoms with Crippen LogP contribution in [0.5, 0.6) is 5.75 Å². The molecule has 0 bridgehead atoms. The average molecular weight is 281 g/mol. The smallest absolute Gasteiger partial charge is 0.262 e. The first-order valence-electron chi connectivity index (χ1n) is 5.69. The van der Waals surface area contributed by atoms with E-state index in [0.29, 0.717) is 11.5 Å². The lowest BCUT2D eigenvalue weighted by molar-refractivity contribution is 0.108. The zero-order valence-electron chi connectivity index (χ0n) is 9.98.